The minimum atomic E-state index is -3.99. The monoisotopic (exact) mass is 708 g/mol. The van der Waals surface area contributed by atoms with Crippen LogP contribution in [0.25, 0.3) is 0 Å². The molecule has 5 atom stereocenters. The molecular weight excluding hydrogens is 660 g/mol. The fourth-order valence-electron chi connectivity index (χ4n) is 7.52. The van der Waals surface area contributed by atoms with Crippen LogP contribution in [0.15, 0.2) is 48.6 Å². The quantitative estimate of drug-likeness (QED) is 0.252. The van der Waals surface area contributed by atoms with Gasteiger partial charge in [-0.25, -0.2) is 13.1 Å². The molecule has 264 valence electrons. The lowest BCUT2D eigenvalue weighted by Gasteiger charge is -2.46. The normalized spacial score (nSPS) is 30.0. The molecule has 1 amide bonds. The van der Waals surface area contributed by atoms with Crippen molar-refractivity contribution in [1.82, 2.24) is 4.72 Å². The van der Waals surface area contributed by atoms with Crippen molar-refractivity contribution in [2.45, 2.75) is 89.1 Å². The number of aryl methyl sites for hydroxylation is 1. The molecule has 2 fully saturated rings. The van der Waals surface area contributed by atoms with E-state index in [9.17, 15) is 18.3 Å². The van der Waals surface area contributed by atoms with Crippen molar-refractivity contribution < 1.29 is 27.8 Å². The zero-order chi connectivity index (χ0) is 34.6. The summed E-state index contributed by atoms with van der Waals surface area (Å²) in [7, 11) is -3.99. The minimum Gasteiger partial charge on any atom is -0.487 e. The highest BCUT2D eigenvalue weighted by Crippen LogP contribution is 2.45. The first-order valence-corrected chi connectivity index (χ1v) is 19.8. The fourth-order valence-corrected chi connectivity index (χ4v) is 9.00. The first-order valence-electron chi connectivity index (χ1n) is 17.9. The minimum absolute atomic E-state index is 0.0873. The first-order chi connectivity index (χ1) is 23.5. The zero-order valence-electron chi connectivity index (χ0n) is 28.6. The first kappa shape index (κ1) is 35.8. The Balaban J connectivity index is 1.37. The van der Waals surface area contributed by atoms with Crippen LogP contribution >= 0.6 is 11.6 Å². The highest BCUT2D eigenvalue weighted by atomic mass is 35.5. The summed E-state index contributed by atoms with van der Waals surface area (Å²) in [4.78, 5) is 15.7. The Hall–Kier alpha value is -3.03. The molecular formula is C39H49ClN2O6S. The van der Waals surface area contributed by atoms with Gasteiger partial charge in [0.25, 0.3) is 5.91 Å². The molecule has 2 aromatic rings. The van der Waals surface area contributed by atoms with E-state index in [-0.39, 0.29) is 23.3 Å². The molecule has 0 unspecified atom stereocenters. The predicted molar refractivity (Wildman–Crippen MR) is 193 cm³/mol. The van der Waals surface area contributed by atoms with Gasteiger partial charge in [0.15, 0.2) is 0 Å². The lowest BCUT2D eigenvalue weighted by molar-refractivity contribution is -0.00304. The van der Waals surface area contributed by atoms with Crippen molar-refractivity contribution in [2.24, 2.45) is 23.7 Å². The van der Waals surface area contributed by atoms with E-state index in [1.807, 2.05) is 37.3 Å². The second kappa shape index (κ2) is 15.5. The molecule has 6 rings (SSSR count). The molecule has 2 aromatic carbocycles. The Morgan fingerprint density at radius 1 is 1.06 bits per heavy atom. The second-order valence-electron chi connectivity index (χ2n) is 14.4. The Labute approximate surface area is 296 Å². The van der Waals surface area contributed by atoms with Gasteiger partial charge < -0.3 is 19.5 Å². The molecule has 0 spiro atoms. The summed E-state index contributed by atoms with van der Waals surface area (Å²) in [5.74, 6) is 6.84. The number of rotatable bonds is 1. The van der Waals surface area contributed by atoms with Crippen LogP contribution in [0.4, 0.5) is 5.69 Å². The van der Waals surface area contributed by atoms with Gasteiger partial charge in [-0.05, 0) is 124 Å². The van der Waals surface area contributed by atoms with E-state index in [4.69, 9.17) is 21.1 Å². The average Bonchev–Trinajstić information content (AvgIpc) is 3.09. The van der Waals surface area contributed by atoms with Crippen molar-refractivity contribution >= 4 is 33.2 Å². The summed E-state index contributed by atoms with van der Waals surface area (Å²) in [5.41, 5.74) is 1.88. The summed E-state index contributed by atoms with van der Waals surface area (Å²) in [6.45, 7) is 6.67. The number of aliphatic hydroxyl groups is 1. The molecule has 3 heterocycles. The number of anilines is 1. The van der Waals surface area contributed by atoms with Crippen LogP contribution in [0.3, 0.4) is 0 Å². The summed E-state index contributed by atoms with van der Waals surface area (Å²) in [6, 6.07) is 11.0. The zero-order valence-corrected chi connectivity index (χ0v) is 30.2. The van der Waals surface area contributed by atoms with Crippen molar-refractivity contribution in [3.8, 4) is 17.6 Å². The number of amides is 1. The summed E-state index contributed by atoms with van der Waals surface area (Å²) in [5, 5.41) is 12.1. The third-order valence-corrected chi connectivity index (χ3v) is 13.2. The van der Waals surface area contributed by atoms with Crippen LogP contribution < -0.4 is 14.4 Å². The van der Waals surface area contributed by atoms with Crippen LogP contribution in [-0.4, -0.2) is 56.6 Å². The number of carbonyl (C=O) groups is 1. The average molecular weight is 709 g/mol. The molecule has 8 nitrogen and oxygen atoms in total. The van der Waals surface area contributed by atoms with Gasteiger partial charge in [-0.3, -0.25) is 4.79 Å². The van der Waals surface area contributed by atoms with E-state index in [0.29, 0.717) is 42.8 Å². The van der Waals surface area contributed by atoms with Gasteiger partial charge in [-0.15, -0.1) is 0 Å². The van der Waals surface area contributed by atoms with Crippen LogP contribution in [0.5, 0.6) is 5.75 Å². The SMILES string of the molecule is C[C@@H]1[C@@H](C)C/C=C/[C@](O)(C#CCC2CCOCC2)[C@@H]2CC[C@H]2CN2CCCCc3cc(Cl)ccc3COc3ccc(cc32)C(=O)NS1(=O)=O. The number of ether oxygens (including phenoxy) is 2. The molecule has 1 saturated heterocycles. The number of carbonyl (C=O) groups excluding carboxylic acids is 1. The number of hydrogen-bond donors (Lipinski definition) is 2. The number of allylic oxidation sites excluding steroid dienone is 1. The van der Waals surface area contributed by atoms with Gasteiger partial charge >= 0.3 is 0 Å². The Kier molecular flexibility index (Phi) is 11.3. The van der Waals surface area contributed by atoms with Gasteiger partial charge in [0, 0.05) is 49.2 Å². The maximum atomic E-state index is 13.5. The topological polar surface area (TPSA) is 105 Å². The van der Waals surface area contributed by atoms with E-state index in [0.717, 1.165) is 81.4 Å². The lowest BCUT2D eigenvalue weighted by Crippen LogP contribution is -2.49. The predicted octanol–water partition coefficient (Wildman–Crippen LogP) is 6.68. The highest BCUT2D eigenvalue weighted by Gasteiger charge is 2.45. The third kappa shape index (κ3) is 8.48. The largest absolute Gasteiger partial charge is 0.487 e. The van der Waals surface area contributed by atoms with E-state index in [1.54, 1.807) is 25.1 Å². The van der Waals surface area contributed by atoms with Gasteiger partial charge in [0.05, 0.1) is 10.9 Å². The molecule has 49 heavy (non-hydrogen) atoms. The number of sulfonamides is 1. The molecule has 0 radical (unpaired) electrons. The summed E-state index contributed by atoms with van der Waals surface area (Å²) >= 11 is 6.36. The molecule has 1 saturated carbocycles. The van der Waals surface area contributed by atoms with Crippen molar-refractivity contribution in [2.75, 3.05) is 31.2 Å². The smallest absolute Gasteiger partial charge is 0.264 e. The molecule has 2 N–H and O–H groups in total. The summed E-state index contributed by atoms with van der Waals surface area (Å²) < 4.78 is 41.2. The van der Waals surface area contributed by atoms with E-state index >= 15 is 0 Å². The van der Waals surface area contributed by atoms with Crippen LogP contribution in [0.1, 0.15) is 86.7 Å². The van der Waals surface area contributed by atoms with Gasteiger partial charge in [0.1, 0.15) is 18.0 Å². The molecule has 1 aliphatic carbocycles. The second-order valence-corrected chi connectivity index (χ2v) is 16.9. The van der Waals surface area contributed by atoms with Crippen LogP contribution in [0, 0.1) is 35.5 Å². The third-order valence-electron chi connectivity index (χ3n) is 11.1. The Morgan fingerprint density at radius 3 is 2.65 bits per heavy atom. The number of fused-ring (bicyclic) bond motifs is 3. The lowest BCUT2D eigenvalue weighted by atomic mass is 9.64. The summed E-state index contributed by atoms with van der Waals surface area (Å²) in [6.07, 6.45) is 11.3. The van der Waals surface area contributed by atoms with E-state index < -0.39 is 26.8 Å². The fraction of sp³-hybridized carbons (Fsp3) is 0.564. The number of halogens is 1. The van der Waals surface area contributed by atoms with Crippen LogP contribution in [-0.2, 0) is 27.8 Å². The van der Waals surface area contributed by atoms with Crippen LogP contribution in [0.2, 0.25) is 5.02 Å². The number of nitrogens with zero attached hydrogens (tertiary/aromatic N) is 1. The Morgan fingerprint density at radius 2 is 1.88 bits per heavy atom. The van der Waals surface area contributed by atoms with E-state index in [2.05, 4.69) is 21.5 Å². The van der Waals surface area contributed by atoms with Crippen molar-refractivity contribution in [3.05, 3.63) is 70.3 Å². The maximum absolute atomic E-state index is 13.5. The highest BCUT2D eigenvalue weighted by molar-refractivity contribution is 7.90. The Bertz CT molecular complexity index is 1710. The van der Waals surface area contributed by atoms with E-state index in [1.165, 1.54) is 0 Å². The standard InChI is InChI=1S/C39H49ClN2O6S/c1-27-7-5-18-39(44,19-6-8-29-16-21-47-22-17-29)35-14-11-32(35)25-42-20-4-3-9-30-23-34(40)13-10-33(30)26-48-37-15-12-31(24-36(37)42)38(43)41-49(45,46)28(27)2/h5,10,12-13,15,18,23-24,27-29,32,35,44H,3-4,7-9,11,14,16-17,20-22,25-26H2,1-2H3,(H,41,43)/b18-5+/t27-,28+,32-,35+,39-/m0/s1. The number of benzene rings is 2. The van der Waals surface area contributed by atoms with Crippen molar-refractivity contribution in [1.29, 1.82) is 0 Å². The number of hydrogen-bond acceptors (Lipinski definition) is 7. The van der Waals surface area contributed by atoms with Crippen molar-refractivity contribution in [3.63, 3.8) is 0 Å². The molecule has 4 aliphatic rings. The molecule has 2 bridgehead atoms. The molecule has 0 aromatic heterocycles. The molecule has 3 aliphatic heterocycles. The number of nitrogens with one attached hydrogen (secondary N) is 1. The molecule has 10 heteroatoms. The van der Waals surface area contributed by atoms with Gasteiger partial charge in [0.2, 0.25) is 10.0 Å². The van der Waals surface area contributed by atoms with Gasteiger partial charge in [-0.2, -0.15) is 0 Å². The maximum Gasteiger partial charge on any atom is 0.264 e. The van der Waals surface area contributed by atoms with Gasteiger partial charge in [-0.1, -0.05) is 42.5 Å².